The minimum atomic E-state index is -0.852. The number of rotatable bonds is 5. The van der Waals surface area contributed by atoms with Crippen molar-refractivity contribution in [3.8, 4) is 0 Å². The van der Waals surface area contributed by atoms with Gasteiger partial charge in [-0.15, -0.1) is 0 Å². The highest BCUT2D eigenvalue weighted by molar-refractivity contribution is 8.15. The number of nitro benzene ring substituents is 1. The molecule has 1 atom stereocenters. The summed E-state index contributed by atoms with van der Waals surface area (Å²) in [6, 6.07) is 35.1. The highest BCUT2D eigenvalue weighted by Crippen LogP contribution is 2.55. The van der Waals surface area contributed by atoms with E-state index in [1.807, 2.05) is 59.6 Å². The number of fused-ring (bicyclic) bond motifs is 2. The molecule has 1 unspecified atom stereocenters. The lowest BCUT2D eigenvalue weighted by atomic mass is 9.96. The fraction of sp³-hybridized carbons (Fsp3) is 0.103. The van der Waals surface area contributed by atoms with Gasteiger partial charge in [0.05, 0.1) is 22.0 Å². The summed E-state index contributed by atoms with van der Waals surface area (Å²) < 4.78 is 0. The van der Waals surface area contributed by atoms with E-state index in [1.165, 1.54) is 12.1 Å². The Hall–Kier alpha value is -4.43. The van der Waals surface area contributed by atoms with Crippen LogP contribution in [0.25, 0.3) is 0 Å². The highest BCUT2D eigenvalue weighted by Gasteiger charge is 2.55. The van der Waals surface area contributed by atoms with Crippen LogP contribution in [0.5, 0.6) is 0 Å². The molecule has 8 heteroatoms. The van der Waals surface area contributed by atoms with Gasteiger partial charge in [-0.3, -0.25) is 10.1 Å². The van der Waals surface area contributed by atoms with Gasteiger partial charge in [0.1, 0.15) is 5.04 Å². The van der Waals surface area contributed by atoms with Gasteiger partial charge in [0, 0.05) is 28.8 Å². The zero-order valence-corrected chi connectivity index (χ0v) is 20.9. The third kappa shape index (κ3) is 3.77. The minimum absolute atomic E-state index is 0.0492. The van der Waals surface area contributed by atoms with Crippen LogP contribution >= 0.6 is 11.8 Å². The topological polar surface area (TPSA) is 74.3 Å². The standard InChI is InChI=1S/C29H23N5O2S/c1-2-27-25-15-9-10-16-26(25)29(32(30-27)22-11-5-3-6-12-22)33(23-13-7-4-8-14-23)31-28(37-29)21-17-19-24(20-18-21)34(35)36/h3-20H,2H2,1H3. The third-order valence-corrected chi connectivity index (χ3v) is 7.84. The van der Waals surface area contributed by atoms with Crippen LogP contribution in [-0.2, 0) is 4.99 Å². The SMILES string of the molecule is CCC1=NN(c2ccccc2)C2(SC(c3ccc([N+](=O)[O-])cc3)=NN2c2ccccc2)c2ccccc21. The van der Waals surface area contributed by atoms with Gasteiger partial charge in [0.25, 0.3) is 5.69 Å². The van der Waals surface area contributed by atoms with Crippen LogP contribution < -0.4 is 10.0 Å². The molecule has 2 aliphatic heterocycles. The Morgan fingerprint density at radius 2 is 1.35 bits per heavy atom. The number of hydrogen-bond acceptors (Lipinski definition) is 7. The first-order valence-electron chi connectivity index (χ1n) is 12.0. The average molecular weight is 506 g/mol. The molecule has 2 aliphatic rings. The Kier molecular flexibility index (Phi) is 5.73. The van der Waals surface area contributed by atoms with Crippen molar-refractivity contribution in [2.24, 2.45) is 10.2 Å². The van der Waals surface area contributed by atoms with Gasteiger partial charge in [-0.1, -0.05) is 67.6 Å². The third-order valence-electron chi connectivity index (χ3n) is 6.48. The van der Waals surface area contributed by atoms with Gasteiger partial charge in [0.15, 0.2) is 0 Å². The smallest absolute Gasteiger partial charge is 0.258 e. The molecule has 0 saturated heterocycles. The highest BCUT2D eigenvalue weighted by atomic mass is 32.2. The summed E-state index contributed by atoms with van der Waals surface area (Å²) in [5.41, 5.74) is 5.89. The molecule has 0 aliphatic carbocycles. The molecule has 4 aromatic carbocycles. The van der Waals surface area contributed by atoms with Gasteiger partial charge in [-0.2, -0.15) is 10.2 Å². The summed E-state index contributed by atoms with van der Waals surface area (Å²) in [6.07, 6.45) is 0.780. The van der Waals surface area contributed by atoms with Gasteiger partial charge in [-0.05, 0) is 54.6 Å². The number of nitro groups is 1. The molecule has 0 aromatic heterocycles. The van der Waals surface area contributed by atoms with E-state index in [1.54, 1.807) is 23.9 Å². The number of thioether (sulfide) groups is 1. The van der Waals surface area contributed by atoms with E-state index in [-0.39, 0.29) is 10.6 Å². The summed E-state index contributed by atoms with van der Waals surface area (Å²) in [4.78, 5) is 10.0. The Bertz CT molecular complexity index is 1520. The summed E-state index contributed by atoms with van der Waals surface area (Å²) in [5, 5.41) is 26.4. The second kappa shape index (κ2) is 9.22. The van der Waals surface area contributed by atoms with Crippen LogP contribution in [0, 0.1) is 10.1 Å². The first-order valence-corrected chi connectivity index (χ1v) is 12.8. The van der Waals surface area contributed by atoms with Crippen molar-refractivity contribution in [2.45, 2.75) is 18.3 Å². The summed E-state index contributed by atoms with van der Waals surface area (Å²) >= 11 is 1.59. The first-order chi connectivity index (χ1) is 18.1. The molecule has 0 radical (unpaired) electrons. The predicted molar refractivity (Wildman–Crippen MR) is 150 cm³/mol. The maximum Gasteiger partial charge on any atom is 0.269 e. The van der Waals surface area contributed by atoms with Gasteiger partial charge < -0.3 is 0 Å². The van der Waals surface area contributed by atoms with Crippen molar-refractivity contribution >= 4 is 39.6 Å². The van der Waals surface area contributed by atoms with E-state index in [0.29, 0.717) is 0 Å². The van der Waals surface area contributed by atoms with Crippen molar-refractivity contribution in [2.75, 3.05) is 10.0 Å². The van der Waals surface area contributed by atoms with Crippen molar-refractivity contribution < 1.29 is 4.92 Å². The number of hydrogen-bond donors (Lipinski definition) is 0. The maximum atomic E-state index is 11.2. The van der Waals surface area contributed by atoms with E-state index in [0.717, 1.165) is 45.2 Å². The maximum absolute atomic E-state index is 11.2. The zero-order valence-electron chi connectivity index (χ0n) is 20.1. The van der Waals surface area contributed by atoms with Crippen LogP contribution in [0.2, 0.25) is 0 Å². The predicted octanol–water partition coefficient (Wildman–Crippen LogP) is 6.95. The van der Waals surface area contributed by atoms with Crippen molar-refractivity contribution in [1.29, 1.82) is 0 Å². The molecule has 4 aromatic rings. The van der Waals surface area contributed by atoms with Crippen LogP contribution in [0.4, 0.5) is 17.1 Å². The van der Waals surface area contributed by atoms with Gasteiger partial charge >= 0.3 is 0 Å². The Labute approximate surface area is 218 Å². The lowest BCUT2D eigenvalue weighted by Gasteiger charge is -2.47. The van der Waals surface area contributed by atoms with Gasteiger partial charge in [0.2, 0.25) is 4.99 Å². The van der Waals surface area contributed by atoms with E-state index in [9.17, 15) is 10.1 Å². The number of hydrazone groups is 2. The Morgan fingerprint density at radius 3 is 1.95 bits per heavy atom. The van der Waals surface area contributed by atoms with E-state index >= 15 is 0 Å². The van der Waals surface area contributed by atoms with E-state index in [4.69, 9.17) is 10.2 Å². The Balaban J connectivity index is 1.60. The van der Waals surface area contributed by atoms with E-state index in [2.05, 4.69) is 42.3 Å². The molecule has 0 bridgehead atoms. The van der Waals surface area contributed by atoms with Crippen molar-refractivity contribution in [3.05, 3.63) is 136 Å². The molecule has 6 rings (SSSR count). The molecule has 0 fully saturated rings. The monoisotopic (exact) mass is 505 g/mol. The normalized spacial score (nSPS) is 18.4. The van der Waals surface area contributed by atoms with Crippen LogP contribution in [0.15, 0.2) is 119 Å². The van der Waals surface area contributed by atoms with Crippen molar-refractivity contribution in [1.82, 2.24) is 0 Å². The molecule has 0 amide bonds. The molecular weight excluding hydrogens is 482 g/mol. The lowest BCUT2D eigenvalue weighted by Crippen LogP contribution is -2.53. The molecule has 2 heterocycles. The largest absolute Gasteiger partial charge is 0.269 e. The van der Waals surface area contributed by atoms with Crippen molar-refractivity contribution in [3.63, 3.8) is 0 Å². The van der Waals surface area contributed by atoms with Crippen LogP contribution in [0.1, 0.15) is 30.0 Å². The molecule has 0 saturated carbocycles. The molecule has 37 heavy (non-hydrogen) atoms. The summed E-state index contributed by atoms with van der Waals surface area (Å²) in [5.74, 6) is 0. The summed E-state index contributed by atoms with van der Waals surface area (Å²) in [6.45, 7) is 2.12. The number of anilines is 2. The van der Waals surface area contributed by atoms with E-state index < -0.39 is 4.99 Å². The fourth-order valence-corrected chi connectivity index (χ4v) is 6.14. The Morgan fingerprint density at radius 1 is 0.784 bits per heavy atom. The molecular formula is C29H23N5O2S. The van der Waals surface area contributed by atoms with Crippen LogP contribution in [-0.4, -0.2) is 15.7 Å². The second-order valence-electron chi connectivity index (χ2n) is 8.66. The minimum Gasteiger partial charge on any atom is -0.258 e. The van der Waals surface area contributed by atoms with Gasteiger partial charge in [-0.25, -0.2) is 10.0 Å². The second-order valence-corrected chi connectivity index (χ2v) is 9.82. The molecule has 0 N–H and O–H groups in total. The fourth-order valence-electron chi connectivity index (χ4n) is 4.74. The summed E-state index contributed by atoms with van der Waals surface area (Å²) in [7, 11) is 0. The number of non-ortho nitro benzene ring substituents is 1. The number of nitrogens with zero attached hydrogens (tertiary/aromatic N) is 5. The number of para-hydroxylation sites is 2. The zero-order chi connectivity index (χ0) is 25.4. The van der Waals surface area contributed by atoms with Crippen LogP contribution in [0.3, 0.4) is 0 Å². The molecule has 1 spiro atoms. The number of benzene rings is 4. The molecule has 7 nitrogen and oxygen atoms in total. The quantitative estimate of drug-likeness (QED) is 0.217. The average Bonchev–Trinajstić information content (AvgIpc) is 3.35. The lowest BCUT2D eigenvalue weighted by molar-refractivity contribution is -0.384. The molecule has 182 valence electrons. The first kappa shape index (κ1) is 23.0.